The van der Waals surface area contributed by atoms with Gasteiger partial charge in [-0.2, -0.15) is 0 Å². The minimum absolute atomic E-state index is 0.00604. The van der Waals surface area contributed by atoms with Gasteiger partial charge >= 0.3 is 0 Å². The monoisotopic (exact) mass is 180 g/mol. The lowest BCUT2D eigenvalue weighted by Gasteiger charge is -2.32. The molecule has 1 saturated heterocycles. The van der Waals surface area contributed by atoms with E-state index in [4.69, 9.17) is 6.42 Å². The topological polar surface area (TPSA) is 32.3 Å². The van der Waals surface area contributed by atoms with E-state index in [9.17, 15) is 4.79 Å². The molecule has 1 aliphatic heterocycles. The van der Waals surface area contributed by atoms with Crippen molar-refractivity contribution in [3.63, 3.8) is 0 Å². The molecule has 1 aliphatic rings. The highest BCUT2D eigenvalue weighted by molar-refractivity contribution is 5.82. The van der Waals surface area contributed by atoms with Gasteiger partial charge in [-0.3, -0.25) is 4.79 Å². The van der Waals surface area contributed by atoms with Crippen molar-refractivity contribution in [2.45, 2.75) is 25.8 Å². The molecule has 1 atom stereocenters. The van der Waals surface area contributed by atoms with Gasteiger partial charge in [0.2, 0.25) is 5.91 Å². The number of hydrogen-bond donors (Lipinski definition) is 1. The summed E-state index contributed by atoms with van der Waals surface area (Å²) < 4.78 is 0. The largest absolute Gasteiger partial charge is 0.339 e. The van der Waals surface area contributed by atoms with E-state index in [-0.39, 0.29) is 11.9 Å². The number of rotatable bonds is 3. The summed E-state index contributed by atoms with van der Waals surface area (Å²) in [5.41, 5.74) is 0. The Labute approximate surface area is 79.5 Å². The summed E-state index contributed by atoms with van der Waals surface area (Å²) in [5, 5.41) is 3.18. The summed E-state index contributed by atoms with van der Waals surface area (Å²) in [6, 6.07) is 0.00604. The number of piperazine rings is 1. The van der Waals surface area contributed by atoms with E-state index in [1.54, 1.807) is 0 Å². The molecular weight excluding hydrogens is 164 g/mol. The van der Waals surface area contributed by atoms with Gasteiger partial charge in [0.15, 0.2) is 0 Å². The Morgan fingerprint density at radius 1 is 1.77 bits per heavy atom. The minimum atomic E-state index is 0.00604. The normalized spacial score (nSPS) is 22.9. The van der Waals surface area contributed by atoms with Crippen molar-refractivity contribution in [1.29, 1.82) is 0 Å². The average Bonchev–Trinajstić information content (AvgIpc) is 2.16. The zero-order valence-corrected chi connectivity index (χ0v) is 8.05. The van der Waals surface area contributed by atoms with Crippen molar-refractivity contribution in [3.8, 4) is 12.3 Å². The molecule has 1 heterocycles. The number of carbonyl (C=O) groups excluding carboxylic acids is 1. The first kappa shape index (κ1) is 10.1. The first-order valence-corrected chi connectivity index (χ1v) is 4.75. The van der Waals surface area contributed by atoms with E-state index in [0.29, 0.717) is 13.0 Å². The third kappa shape index (κ3) is 2.46. The van der Waals surface area contributed by atoms with Gasteiger partial charge in [-0.25, -0.2) is 0 Å². The number of hydrogen-bond acceptors (Lipinski definition) is 2. The van der Waals surface area contributed by atoms with Crippen molar-refractivity contribution in [2.75, 3.05) is 19.6 Å². The quantitative estimate of drug-likeness (QED) is 0.630. The van der Waals surface area contributed by atoms with E-state index in [0.717, 1.165) is 19.5 Å². The summed E-state index contributed by atoms with van der Waals surface area (Å²) in [5.74, 6) is 2.75. The van der Waals surface area contributed by atoms with E-state index in [1.807, 2.05) is 11.8 Å². The van der Waals surface area contributed by atoms with Gasteiger partial charge in [-0.1, -0.05) is 6.92 Å². The van der Waals surface area contributed by atoms with Crippen LogP contribution in [0.3, 0.4) is 0 Å². The van der Waals surface area contributed by atoms with Crippen LogP contribution in [0.2, 0.25) is 0 Å². The zero-order chi connectivity index (χ0) is 9.68. The molecule has 0 aromatic heterocycles. The highest BCUT2D eigenvalue weighted by atomic mass is 16.2. The number of amides is 1. The van der Waals surface area contributed by atoms with Gasteiger partial charge in [-0.15, -0.1) is 12.3 Å². The summed E-state index contributed by atoms with van der Waals surface area (Å²) in [7, 11) is 0. The number of carbonyl (C=O) groups is 1. The van der Waals surface area contributed by atoms with Crippen molar-refractivity contribution in [1.82, 2.24) is 10.2 Å². The third-order valence-corrected chi connectivity index (χ3v) is 2.32. The van der Waals surface area contributed by atoms with Crippen LogP contribution in [0.4, 0.5) is 0 Å². The molecule has 13 heavy (non-hydrogen) atoms. The molecular formula is C10H16N2O. The van der Waals surface area contributed by atoms with Gasteiger partial charge < -0.3 is 10.2 Å². The highest BCUT2D eigenvalue weighted by Crippen LogP contribution is 2.04. The fourth-order valence-electron chi connectivity index (χ4n) is 1.53. The molecule has 0 saturated carbocycles. The molecule has 1 rings (SSSR count). The maximum absolute atomic E-state index is 11.7. The zero-order valence-electron chi connectivity index (χ0n) is 8.05. The smallest absolute Gasteiger partial charge is 0.239 e. The number of nitrogens with zero attached hydrogens (tertiary/aromatic N) is 1. The first-order valence-electron chi connectivity index (χ1n) is 4.75. The predicted molar refractivity (Wildman–Crippen MR) is 52.1 cm³/mol. The molecule has 3 heteroatoms. The molecule has 0 spiro atoms. The van der Waals surface area contributed by atoms with Crippen molar-refractivity contribution in [2.24, 2.45) is 0 Å². The lowest BCUT2D eigenvalue weighted by atomic mass is 10.1. The van der Waals surface area contributed by atoms with Crippen molar-refractivity contribution >= 4 is 5.91 Å². The summed E-state index contributed by atoms with van der Waals surface area (Å²) in [6.07, 6.45) is 6.66. The van der Waals surface area contributed by atoms with Gasteiger partial charge in [0.1, 0.15) is 0 Å². The third-order valence-electron chi connectivity index (χ3n) is 2.32. The fourth-order valence-corrected chi connectivity index (χ4v) is 1.53. The van der Waals surface area contributed by atoms with Gasteiger partial charge in [0.05, 0.1) is 6.04 Å². The maximum Gasteiger partial charge on any atom is 0.239 e. The molecule has 0 bridgehead atoms. The van der Waals surface area contributed by atoms with E-state index >= 15 is 0 Å². The first-order chi connectivity index (χ1) is 6.29. The Kier molecular flexibility index (Phi) is 3.78. The highest BCUT2D eigenvalue weighted by Gasteiger charge is 2.25. The lowest BCUT2D eigenvalue weighted by molar-refractivity contribution is -0.135. The second kappa shape index (κ2) is 4.88. The van der Waals surface area contributed by atoms with Crippen LogP contribution in [0.5, 0.6) is 0 Å². The summed E-state index contributed by atoms with van der Waals surface area (Å²) in [4.78, 5) is 13.5. The Hall–Kier alpha value is -1.01. The van der Waals surface area contributed by atoms with Gasteiger partial charge in [0.25, 0.3) is 0 Å². The molecule has 1 fully saturated rings. The number of nitrogens with one attached hydrogen (secondary N) is 1. The predicted octanol–water partition coefficient (Wildman–Crippen LogP) is 0.220. The Morgan fingerprint density at radius 3 is 3.15 bits per heavy atom. The molecule has 3 nitrogen and oxygen atoms in total. The molecule has 0 aromatic carbocycles. The van der Waals surface area contributed by atoms with Crippen LogP contribution in [0.25, 0.3) is 0 Å². The van der Waals surface area contributed by atoms with E-state index in [2.05, 4.69) is 11.2 Å². The van der Waals surface area contributed by atoms with Crippen molar-refractivity contribution in [3.05, 3.63) is 0 Å². The van der Waals surface area contributed by atoms with Crippen LogP contribution < -0.4 is 5.32 Å². The second-order valence-corrected chi connectivity index (χ2v) is 3.19. The standard InChI is InChI=1S/C10H16N2O/c1-3-5-7-12-8-6-11-9(4-2)10(12)13/h1,9,11H,4-8H2,2H3. The molecule has 0 radical (unpaired) electrons. The fraction of sp³-hybridized carbons (Fsp3) is 0.700. The molecule has 1 unspecified atom stereocenters. The maximum atomic E-state index is 11.7. The van der Waals surface area contributed by atoms with Crippen LogP contribution in [-0.2, 0) is 4.79 Å². The van der Waals surface area contributed by atoms with Crippen LogP contribution in [0.15, 0.2) is 0 Å². The average molecular weight is 180 g/mol. The Bertz CT molecular complexity index is 219. The van der Waals surface area contributed by atoms with E-state index < -0.39 is 0 Å². The Balaban J connectivity index is 2.46. The Morgan fingerprint density at radius 2 is 2.54 bits per heavy atom. The van der Waals surface area contributed by atoms with Crippen LogP contribution in [0, 0.1) is 12.3 Å². The lowest BCUT2D eigenvalue weighted by Crippen LogP contribution is -2.54. The van der Waals surface area contributed by atoms with Crippen LogP contribution in [0.1, 0.15) is 19.8 Å². The summed E-state index contributed by atoms with van der Waals surface area (Å²) in [6.45, 7) is 4.39. The summed E-state index contributed by atoms with van der Waals surface area (Å²) >= 11 is 0. The molecule has 0 aromatic rings. The van der Waals surface area contributed by atoms with Crippen molar-refractivity contribution < 1.29 is 4.79 Å². The van der Waals surface area contributed by atoms with Crippen LogP contribution in [-0.4, -0.2) is 36.5 Å². The van der Waals surface area contributed by atoms with Crippen LogP contribution >= 0.6 is 0 Å². The molecule has 0 aliphatic carbocycles. The minimum Gasteiger partial charge on any atom is -0.339 e. The molecule has 1 amide bonds. The molecule has 72 valence electrons. The number of terminal acetylenes is 1. The van der Waals surface area contributed by atoms with Gasteiger partial charge in [-0.05, 0) is 6.42 Å². The molecule has 1 N–H and O–H groups in total. The SMILES string of the molecule is C#CCCN1CCNC(CC)C1=O. The second-order valence-electron chi connectivity index (χ2n) is 3.19. The van der Waals surface area contributed by atoms with E-state index in [1.165, 1.54) is 0 Å². The van der Waals surface area contributed by atoms with Gasteiger partial charge in [0, 0.05) is 26.1 Å².